The number of piperazine rings is 1. The van der Waals surface area contributed by atoms with E-state index >= 15 is 0 Å². The van der Waals surface area contributed by atoms with Crippen molar-refractivity contribution < 1.29 is 13.6 Å². The van der Waals surface area contributed by atoms with E-state index < -0.39 is 5.82 Å². The van der Waals surface area contributed by atoms with Crippen LogP contribution in [0.1, 0.15) is 29.0 Å². The summed E-state index contributed by atoms with van der Waals surface area (Å²) in [5.41, 5.74) is 0.907. The molecule has 1 aliphatic heterocycles. The average molecular weight is 302 g/mol. The van der Waals surface area contributed by atoms with Crippen molar-refractivity contribution in [1.82, 2.24) is 9.80 Å². The zero-order valence-corrected chi connectivity index (χ0v) is 12.6. The van der Waals surface area contributed by atoms with Crippen LogP contribution in [0.3, 0.4) is 0 Å². The first-order valence-corrected chi connectivity index (χ1v) is 7.86. The van der Waals surface area contributed by atoms with E-state index in [2.05, 4.69) is 4.90 Å². The van der Waals surface area contributed by atoms with Gasteiger partial charge in [-0.2, -0.15) is 0 Å². The summed E-state index contributed by atoms with van der Waals surface area (Å²) in [7, 11) is 0. The molecule has 0 radical (unpaired) electrons. The van der Waals surface area contributed by atoms with Crippen molar-refractivity contribution in [1.29, 1.82) is 0 Å². The van der Waals surface area contributed by atoms with Crippen molar-refractivity contribution in [3.8, 4) is 0 Å². The summed E-state index contributed by atoms with van der Waals surface area (Å²) in [6.07, 6.45) is 2.58. The molecule has 1 saturated heterocycles. The highest BCUT2D eigenvalue weighted by Crippen LogP contribution is 2.30. The predicted octanol–water partition coefficient (Wildman–Crippen LogP) is 2.80. The van der Waals surface area contributed by atoms with Crippen molar-refractivity contribution in [3.63, 3.8) is 0 Å². The van der Waals surface area contributed by atoms with Gasteiger partial charge in [-0.25, -0.2) is 4.39 Å². The van der Waals surface area contributed by atoms with Crippen molar-refractivity contribution in [3.05, 3.63) is 35.3 Å². The lowest BCUT2D eigenvalue weighted by Gasteiger charge is -2.34. The van der Waals surface area contributed by atoms with Crippen LogP contribution in [0.4, 0.5) is 4.39 Å². The lowest BCUT2D eigenvalue weighted by molar-refractivity contribution is 0.0598. The number of hydrogen-bond acceptors (Lipinski definition) is 3. The molecular weight excluding hydrogens is 283 g/mol. The van der Waals surface area contributed by atoms with Gasteiger partial charge in [0, 0.05) is 43.2 Å². The van der Waals surface area contributed by atoms with E-state index in [4.69, 9.17) is 4.42 Å². The van der Waals surface area contributed by atoms with Crippen LogP contribution in [0.5, 0.6) is 0 Å². The number of nitrogens with zero attached hydrogens (tertiary/aromatic N) is 2. The van der Waals surface area contributed by atoms with Crippen LogP contribution in [0.2, 0.25) is 0 Å². The molecule has 1 amide bonds. The Morgan fingerprint density at radius 2 is 1.95 bits per heavy atom. The summed E-state index contributed by atoms with van der Waals surface area (Å²) in [6.45, 7) is 5.09. The van der Waals surface area contributed by atoms with Crippen molar-refractivity contribution in [2.24, 2.45) is 0 Å². The molecule has 1 saturated carbocycles. The van der Waals surface area contributed by atoms with Gasteiger partial charge in [-0.05, 0) is 25.8 Å². The van der Waals surface area contributed by atoms with E-state index in [9.17, 15) is 9.18 Å². The van der Waals surface area contributed by atoms with Gasteiger partial charge in [0.1, 0.15) is 0 Å². The third-order valence-electron chi connectivity index (χ3n) is 4.77. The zero-order chi connectivity index (χ0) is 15.3. The Kier molecular flexibility index (Phi) is 3.18. The number of fused-ring (bicyclic) bond motifs is 1. The van der Waals surface area contributed by atoms with E-state index in [1.807, 2.05) is 11.8 Å². The van der Waals surface area contributed by atoms with Crippen molar-refractivity contribution in [2.45, 2.75) is 25.8 Å². The molecule has 2 fully saturated rings. The molecule has 2 aliphatic rings. The van der Waals surface area contributed by atoms with Crippen LogP contribution in [-0.4, -0.2) is 47.9 Å². The highest BCUT2D eigenvalue weighted by atomic mass is 19.1. The fourth-order valence-electron chi connectivity index (χ4n) is 3.29. The maximum atomic E-state index is 13.8. The SMILES string of the molecule is Cc1c(C(=O)N2CCN(C3CC3)CC2)oc2c(F)cccc12. The molecule has 0 N–H and O–H groups in total. The van der Waals surface area contributed by atoms with Crippen LogP contribution in [-0.2, 0) is 0 Å². The highest BCUT2D eigenvalue weighted by molar-refractivity contribution is 5.99. The topological polar surface area (TPSA) is 36.7 Å². The molecule has 5 heteroatoms. The summed E-state index contributed by atoms with van der Waals surface area (Å²) in [5, 5.41) is 0.681. The number of amides is 1. The largest absolute Gasteiger partial charge is 0.448 e. The summed E-state index contributed by atoms with van der Waals surface area (Å²) in [5.74, 6) is -0.262. The zero-order valence-electron chi connectivity index (χ0n) is 12.6. The van der Waals surface area contributed by atoms with Gasteiger partial charge in [0.05, 0.1) is 0 Å². The molecule has 0 unspecified atom stereocenters. The summed E-state index contributed by atoms with van der Waals surface area (Å²) >= 11 is 0. The van der Waals surface area contributed by atoms with Gasteiger partial charge < -0.3 is 9.32 Å². The van der Waals surface area contributed by atoms with E-state index in [1.54, 1.807) is 12.1 Å². The molecule has 1 aliphatic carbocycles. The van der Waals surface area contributed by atoms with Crippen molar-refractivity contribution >= 4 is 16.9 Å². The first-order valence-electron chi connectivity index (χ1n) is 7.86. The van der Waals surface area contributed by atoms with Gasteiger partial charge in [-0.1, -0.05) is 12.1 Å². The number of aryl methyl sites for hydroxylation is 1. The molecule has 0 spiro atoms. The molecule has 22 heavy (non-hydrogen) atoms. The Balaban J connectivity index is 1.57. The Labute approximate surface area is 128 Å². The highest BCUT2D eigenvalue weighted by Gasteiger charge is 2.33. The molecule has 0 atom stereocenters. The van der Waals surface area contributed by atoms with E-state index in [-0.39, 0.29) is 17.3 Å². The van der Waals surface area contributed by atoms with Crippen molar-refractivity contribution in [2.75, 3.05) is 26.2 Å². The Bertz CT molecular complexity index is 728. The second-order valence-electron chi connectivity index (χ2n) is 6.23. The maximum Gasteiger partial charge on any atom is 0.289 e. The number of rotatable bonds is 2. The van der Waals surface area contributed by atoms with Gasteiger partial charge in [-0.3, -0.25) is 9.69 Å². The number of hydrogen-bond donors (Lipinski definition) is 0. The number of para-hydroxylation sites is 1. The number of benzene rings is 1. The van der Waals surface area contributed by atoms with Crippen LogP contribution < -0.4 is 0 Å². The molecule has 4 nitrogen and oxygen atoms in total. The second-order valence-corrected chi connectivity index (χ2v) is 6.23. The second kappa shape index (κ2) is 5.09. The lowest BCUT2D eigenvalue weighted by atomic mass is 10.1. The van der Waals surface area contributed by atoms with Gasteiger partial charge in [0.15, 0.2) is 17.2 Å². The Morgan fingerprint density at radius 3 is 2.59 bits per heavy atom. The monoisotopic (exact) mass is 302 g/mol. The van der Waals surface area contributed by atoms with E-state index in [1.165, 1.54) is 18.9 Å². The summed E-state index contributed by atoms with van der Waals surface area (Å²) in [6, 6.07) is 5.52. The first-order chi connectivity index (χ1) is 10.6. The quantitative estimate of drug-likeness (QED) is 0.856. The van der Waals surface area contributed by atoms with E-state index in [0.717, 1.165) is 24.7 Å². The predicted molar refractivity (Wildman–Crippen MR) is 81.4 cm³/mol. The van der Waals surface area contributed by atoms with Crippen LogP contribution >= 0.6 is 0 Å². The number of carbonyl (C=O) groups is 1. The Morgan fingerprint density at radius 1 is 1.23 bits per heavy atom. The molecule has 1 aromatic carbocycles. The fraction of sp³-hybridized carbons (Fsp3) is 0.471. The molecule has 116 valence electrons. The molecular formula is C17H19FN2O2. The van der Waals surface area contributed by atoms with Crippen LogP contribution in [0.25, 0.3) is 11.0 Å². The van der Waals surface area contributed by atoms with Gasteiger partial charge in [-0.15, -0.1) is 0 Å². The minimum absolute atomic E-state index is 0.122. The fourth-order valence-corrected chi connectivity index (χ4v) is 3.29. The number of furan rings is 1. The lowest BCUT2D eigenvalue weighted by Crippen LogP contribution is -2.49. The average Bonchev–Trinajstić information content (AvgIpc) is 3.32. The Hall–Kier alpha value is -1.88. The molecule has 1 aromatic heterocycles. The normalized spacial score (nSPS) is 19.8. The van der Waals surface area contributed by atoms with Crippen LogP contribution in [0, 0.1) is 12.7 Å². The third-order valence-corrected chi connectivity index (χ3v) is 4.77. The van der Waals surface area contributed by atoms with Gasteiger partial charge in [0.25, 0.3) is 5.91 Å². The molecule has 0 bridgehead atoms. The number of halogens is 1. The molecule has 4 rings (SSSR count). The molecule has 2 heterocycles. The third kappa shape index (κ3) is 2.20. The van der Waals surface area contributed by atoms with Crippen LogP contribution in [0.15, 0.2) is 22.6 Å². The minimum Gasteiger partial charge on any atom is -0.448 e. The summed E-state index contributed by atoms with van der Waals surface area (Å²) in [4.78, 5) is 17.0. The summed E-state index contributed by atoms with van der Waals surface area (Å²) < 4.78 is 19.4. The maximum absolute atomic E-state index is 13.8. The first kappa shape index (κ1) is 13.8. The minimum atomic E-state index is -0.418. The molecule has 2 aromatic rings. The standard InChI is InChI=1S/C17H19FN2O2/c1-11-13-3-2-4-14(18)16(13)22-15(11)17(21)20-9-7-19(8-10-20)12-5-6-12/h2-4,12H,5-10H2,1H3. The number of carbonyl (C=O) groups excluding carboxylic acids is 1. The van der Waals surface area contributed by atoms with Gasteiger partial charge >= 0.3 is 0 Å². The van der Waals surface area contributed by atoms with Gasteiger partial charge in [0.2, 0.25) is 0 Å². The smallest absolute Gasteiger partial charge is 0.289 e. The van der Waals surface area contributed by atoms with E-state index in [0.29, 0.717) is 18.5 Å².